The molecule has 0 aliphatic heterocycles. The summed E-state index contributed by atoms with van der Waals surface area (Å²) < 4.78 is 15.3. The zero-order chi connectivity index (χ0) is 16.5. The molecule has 0 fully saturated rings. The molecule has 0 spiro atoms. The lowest BCUT2D eigenvalue weighted by molar-refractivity contribution is -0.131. The lowest BCUT2D eigenvalue weighted by atomic mass is 10.3. The second-order valence-corrected chi connectivity index (χ2v) is 4.09. The third-order valence-corrected chi connectivity index (χ3v) is 2.76. The highest BCUT2D eigenvalue weighted by Gasteiger charge is 2.17. The molecule has 0 radical (unpaired) electrons. The summed E-state index contributed by atoms with van der Waals surface area (Å²) in [6.45, 7) is 0.152. The van der Waals surface area contributed by atoms with E-state index in [-0.39, 0.29) is 12.4 Å². The Morgan fingerprint density at radius 3 is 2.55 bits per heavy atom. The van der Waals surface area contributed by atoms with Gasteiger partial charge in [0.05, 0.1) is 19.3 Å². The van der Waals surface area contributed by atoms with E-state index < -0.39 is 12.3 Å². The number of hydrogen-bond donors (Lipinski definition) is 1. The van der Waals surface area contributed by atoms with Crippen LogP contribution in [-0.4, -0.2) is 56.6 Å². The summed E-state index contributed by atoms with van der Waals surface area (Å²) in [4.78, 5) is 27.3. The van der Waals surface area contributed by atoms with Gasteiger partial charge in [0.25, 0.3) is 0 Å². The molecule has 8 heteroatoms. The maximum Gasteiger partial charge on any atom is 0.328 e. The predicted molar refractivity (Wildman–Crippen MR) is 78.7 cm³/mol. The largest absolute Gasteiger partial charge is 0.479 e. The van der Waals surface area contributed by atoms with Crippen molar-refractivity contribution in [2.24, 2.45) is 0 Å². The molecular weight excluding hydrogens is 292 g/mol. The molecule has 1 aromatic rings. The van der Waals surface area contributed by atoms with Gasteiger partial charge >= 0.3 is 5.97 Å². The number of methoxy groups -OCH3 is 3. The second-order valence-electron chi connectivity index (χ2n) is 4.09. The summed E-state index contributed by atoms with van der Waals surface area (Å²) in [5, 5.41) is 8.61. The topological polar surface area (TPSA) is 98.2 Å². The fourth-order valence-corrected chi connectivity index (χ4v) is 1.67. The van der Waals surface area contributed by atoms with Gasteiger partial charge in [-0.25, -0.2) is 9.78 Å². The predicted octanol–water partition coefficient (Wildman–Crippen LogP) is 0.770. The number of ether oxygens (including phenoxy) is 3. The van der Waals surface area contributed by atoms with E-state index in [9.17, 15) is 9.59 Å². The summed E-state index contributed by atoms with van der Waals surface area (Å²) >= 11 is 0. The molecule has 0 aliphatic rings. The molecule has 0 atom stereocenters. The standard InChI is InChI=1S/C14H18N2O6/c1-20-13(21-2)8-16(9-17)11-6-4-10(5-7-12(18)19)15-14(11)22-3/h4-7,9,13H,8H2,1-3H3,(H,18,19)/b7-5+. The Balaban J connectivity index is 3.06. The number of aliphatic carboxylic acids is 1. The van der Waals surface area contributed by atoms with Crippen molar-refractivity contribution in [1.82, 2.24) is 4.98 Å². The van der Waals surface area contributed by atoms with Crippen LogP contribution in [0.1, 0.15) is 5.69 Å². The van der Waals surface area contributed by atoms with Gasteiger partial charge in [0.1, 0.15) is 5.69 Å². The minimum atomic E-state index is -1.08. The Labute approximate surface area is 127 Å². The molecule has 120 valence electrons. The summed E-state index contributed by atoms with van der Waals surface area (Å²) in [6, 6.07) is 3.17. The van der Waals surface area contributed by atoms with Crippen molar-refractivity contribution < 1.29 is 28.9 Å². The lowest BCUT2D eigenvalue weighted by Gasteiger charge is -2.23. The molecule has 8 nitrogen and oxygen atoms in total. The number of carbonyl (C=O) groups excluding carboxylic acids is 1. The van der Waals surface area contributed by atoms with E-state index in [1.807, 2.05) is 0 Å². The van der Waals surface area contributed by atoms with Crippen molar-refractivity contribution in [3.8, 4) is 5.88 Å². The van der Waals surface area contributed by atoms with Crippen LogP contribution in [0.15, 0.2) is 18.2 Å². The van der Waals surface area contributed by atoms with Gasteiger partial charge in [0, 0.05) is 20.3 Å². The number of nitrogens with zero attached hydrogens (tertiary/aromatic N) is 2. The number of carboxylic acid groups (broad SMARTS) is 1. The molecule has 0 saturated carbocycles. The Kier molecular flexibility index (Phi) is 7.00. The quantitative estimate of drug-likeness (QED) is 0.408. The van der Waals surface area contributed by atoms with Crippen LogP contribution in [0.5, 0.6) is 5.88 Å². The van der Waals surface area contributed by atoms with E-state index in [1.165, 1.54) is 32.3 Å². The van der Waals surface area contributed by atoms with E-state index in [0.29, 0.717) is 17.8 Å². The average molecular weight is 310 g/mol. The fourth-order valence-electron chi connectivity index (χ4n) is 1.67. The third-order valence-electron chi connectivity index (χ3n) is 2.76. The first-order valence-electron chi connectivity index (χ1n) is 6.29. The normalized spacial score (nSPS) is 10.9. The van der Waals surface area contributed by atoms with Crippen LogP contribution in [-0.2, 0) is 19.1 Å². The van der Waals surface area contributed by atoms with Gasteiger partial charge in [0.15, 0.2) is 6.29 Å². The van der Waals surface area contributed by atoms with E-state index in [1.54, 1.807) is 12.1 Å². The number of anilines is 1. The van der Waals surface area contributed by atoms with Gasteiger partial charge < -0.3 is 24.2 Å². The van der Waals surface area contributed by atoms with E-state index >= 15 is 0 Å². The van der Waals surface area contributed by atoms with Crippen molar-refractivity contribution in [2.45, 2.75) is 6.29 Å². The van der Waals surface area contributed by atoms with Crippen molar-refractivity contribution >= 4 is 24.1 Å². The highest BCUT2D eigenvalue weighted by Crippen LogP contribution is 2.26. The number of pyridine rings is 1. The second kappa shape index (κ2) is 8.75. The zero-order valence-corrected chi connectivity index (χ0v) is 12.6. The molecule has 1 amide bonds. The monoisotopic (exact) mass is 310 g/mol. The summed E-state index contributed by atoms with van der Waals surface area (Å²) in [7, 11) is 4.34. The van der Waals surface area contributed by atoms with Crippen LogP contribution in [0.2, 0.25) is 0 Å². The number of amides is 1. The Morgan fingerprint density at radius 2 is 2.05 bits per heavy atom. The van der Waals surface area contributed by atoms with Gasteiger partial charge in [-0.2, -0.15) is 0 Å². The number of aromatic nitrogens is 1. The van der Waals surface area contributed by atoms with Crippen molar-refractivity contribution in [1.29, 1.82) is 0 Å². The molecule has 1 N–H and O–H groups in total. The Hall–Kier alpha value is -2.45. The maximum absolute atomic E-state index is 11.3. The third kappa shape index (κ3) is 4.83. The number of carboxylic acids is 1. The lowest BCUT2D eigenvalue weighted by Crippen LogP contribution is -2.34. The van der Waals surface area contributed by atoms with E-state index in [0.717, 1.165) is 6.08 Å². The molecule has 0 aliphatic carbocycles. The first kappa shape index (κ1) is 17.6. The van der Waals surface area contributed by atoms with E-state index in [4.69, 9.17) is 19.3 Å². The average Bonchev–Trinajstić information content (AvgIpc) is 2.54. The number of rotatable bonds is 9. The summed E-state index contributed by atoms with van der Waals surface area (Å²) in [6.07, 6.45) is 2.30. The van der Waals surface area contributed by atoms with Crippen LogP contribution in [0, 0.1) is 0 Å². The summed E-state index contributed by atoms with van der Waals surface area (Å²) in [5.74, 6) is -0.895. The molecule has 1 aromatic heterocycles. The molecule has 1 heterocycles. The van der Waals surface area contributed by atoms with Crippen LogP contribution < -0.4 is 9.64 Å². The molecule has 1 rings (SSSR count). The minimum Gasteiger partial charge on any atom is -0.479 e. The van der Waals surface area contributed by atoms with Crippen molar-refractivity contribution in [3.05, 3.63) is 23.9 Å². The highest BCUT2D eigenvalue weighted by atomic mass is 16.7. The number of hydrogen-bond acceptors (Lipinski definition) is 6. The van der Waals surface area contributed by atoms with Crippen LogP contribution in [0.4, 0.5) is 5.69 Å². The SMILES string of the molecule is COc1nc(/C=C/C(=O)O)ccc1N(C=O)CC(OC)OC. The van der Waals surface area contributed by atoms with Gasteiger partial charge in [-0.3, -0.25) is 4.79 Å². The molecule has 0 unspecified atom stereocenters. The van der Waals surface area contributed by atoms with Gasteiger partial charge in [0.2, 0.25) is 12.3 Å². The fraction of sp³-hybridized carbons (Fsp3) is 0.357. The van der Waals surface area contributed by atoms with E-state index in [2.05, 4.69) is 4.98 Å². The molecule has 22 heavy (non-hydrogen) atoms. The van der Waals surface area contributed by atoms with Gasteiger partial charge in [-0.1, -0.05) is 0 Å². The summed E-state index contributed by atoms with van der Waals surface area (Å²) in [5.41, 5.74) is 0.813. The van der Waals surface area contributed by atoms with Gasteiger partial charge in [-0.05, 0) is 18.2 Å². The Bertz CT molecular complexity index is 542. The molecular formula is C14H18N2O6. The maximum atomic E-state index is 11.3. The first-order valence-corrected chi connectivity index (χ1v) is 6.29. The minimum absolute atomic E-state index is 0.152. The van der Waals surface area contributed by atoms with Crippen LogP contribution in [0.25, 0.3) is 6.08 Å². The Morgan fingerprint density at radius 1 is 1.36 bits per heavy atom. The number of carbonyl (C=O) groups is 2. The molecule has 0 aromatic carbocycles. The smallest absolute Gasteiger partial charge is 0.328 e. The van der Waals surface area contributed by atoms with Crippen molar-refractivity contribution in [2.75, 3.05) is 32.8 Å². The highest BCUT2D eigenvalue weighted by molar-refractivity contribution is 5.85. The van der Waals surface area contributed by atoms with Crippen molar-refractivity contribution in [3.63, 3.8) is 0 Å². The molecule has 0 saturated heterocycles. The van der Waals surface area contributed by atoms with Gasteiger partial charge in [-0.15, -0.1) is 0 Å². The van der Waals surface area contributed by atoms with Crippen LogP contribution >= 0.6 is 0 Å². The van der Waals surface area contributed by atoms with Crippen LogP contribution in [0.3, 0.4) is 0 Å². The zero-order valence-electron chi connectivity index (χ0n) is 12.6. The molecule has 0 bridgehead atoms. The first-order chi connectivity index (χ1) is 10.5.